The Morgan fingerprint density at radius 1 is 1.29 bits per heavy atom. The Hall–Kier alpha value is -2.15. The summed E-state index contributed by atoms with van der Waals surface area (Å²) >= 11 is 8.01. The number of phenols is 1. The van der Waals surface area contributed by atoms with Gasteiger partial charge in [-0.2, -0.15) is 0 Å². The molecule has 0 radical (unpaired) electrons. The molecular weight excluding hydrogens is 398 g/mol. The van der Waals surface area contributed by atoms with Crippen LogP contribution in [0.15, 0.2) is 45.7 Å². The van der Waals surface area contributed by atoms with Crippen LogP contribution in [0, 0.1) is 0 Å². The van der Waals surface area contributed by atoms with Gasteiger partial charge < -0.3 is 19.2 Å². The van der Waals surface area contributed by atoms with Crippen LogP contribution in [0.4, 0.5) is 0 Å². The molecule has 148 valence electrons. The largest absolute Gasteiger partial charge is 0.506 e. The Morgan fingerprint density at radius 2 is 2.00 bits per heavy atom. The quantitative estimate of drug-likeness (QED) is 0.448. The number of quaternary nitrogens is 1. The van der Waals surface area contributed by atoms with Gasteiger partial charge >= 0.3 is 5.97 Å². The Labute approximate surface area is 173 Å². The first kappa shape index (κ1) is 20.6. The van der Waals surface area contributed by atoms with Gasteiger partial charge in [0.25, 0.3) is 0 Å². The third-order valence-electron chi connectivity index (χ3n) is 4.18. The second-order valence-electron chi connectivity index (χ2n) is 6.68. The van der Waals surface area contributed by atoms with E-state index in [4.69, 9.17) is 20.8 Å². The Balaban J connectivity index is 2.09. The molecule has 2 aromatic carbocycles. The smallest absolute Gasteiger partial charge is 0.342 e. The van der Waals surface area contributed by atoms with Crippen molar-refractivity contribution >= 4 is 40.3 Å². The topological polar surface area (TPSA) is 64.1 Å². The van der Waals surface area contributed by atoms with E-state index in [0.29, 0.717) is 34.6 Å². The lowest BCUT2D eigenvalue weighted by Crippen LogP contribution is -3.04. The summed E-state index contributed by atoms with van der Waals surface area (Å²) in [6, 6.07) is 11.6. The fourth-order valence-electron chi connectivity index (χ4n) is 3.00. The lowest BCUT2D eigenvalue weighted by atomic mass is 10.1. The van der Waals surface area contributed by atoms with E-state index in [-0.39, 0.29) is 22.9 Å². The molecule has 0 spiro atoms. The molecule has 0 bridgehead atoms. The predicted octanol–water partition coefficient (Wildman–Crippen LogP) is 3.91. The minimum atomic E-state index is -0.503. The van der Waals surface area contributed by atoms with E-state index in [0.717, 1.165) is 9.80 Å². The summed E-state index contributed by atoms with van der Waals surface area (Å²) in [7, 11) is 3.96. The number of nitrogens with one attached hydrogen (secondary N) is 1. The van der Waals surface area contributed by atoms with E-state index in [1.54, 1.807) is 24.8 Å². The van der Waals surface area contributed by atoms with Crippen LogP contribution in [0.25, 0.3) is 11.0 Å². The highest BCUT2D eigenvalue weighted by molar-refractivity contribution is 7.98. The zero-order valence-corrected chi connectivity index (χ0v) is 17.6. The van der Waals surface area contributed by atoms with Crippen LogP contribution in [-0.2, 0) is 17.0 Å². The molecule has 3 aromatic rings. The monoisotopic (exact) mass is 420 g/mol. The fraction of sp³-hybridized carbons (Fsp3) is 0.286. The molecule has 0 atom stereocenters. The maximum atomic E-state index is 12.6. The molecule has 5 nitrogen and oxygen atoms in total. The molecule has 0 fully saturated rings. The second-order valence-corrected chi connectivity index (χ2v) is 8.10. The number of phenolic OH excluding ortho intramolecular Hbond substituents is 1. The van der Waals surface area contributed by atoms with Crippen molar-refractivity contribution in [2.24, 2.45) is 0 Å². The van der Waals surface area contributed by atoms with Crippen LogP contribution in [-0.4, -0.2) is 31.8 Å². The number of benzene rings is 2. The van der Waals surface area contributed by atoms with Gasteiger partial charge in [-0.15, -0.1) is 11.8 Å². The molecule has 0 saturated heterocycles. The van der Waals surface area contributed by atoms with E-state index >= 15 is 0 Å². The van der Waals surface area contributed by atoms with Gasteiger partial charge in [0, 0.05) is 4.90 Å². The minimum Gasteiger partial charge on any atom is -0.506 e. The molecule has 7 heteroatoms. The van der Waals surface area contributed by atoms with E-state index in [2.05, 4.69) is 0 Å². The minimum absolute atomic E-state index is 0.0241. The zero-order chi connectivity index (χ0) is 20.3. The number of rotatable bonds is 7. The molecular formula is C21H23ClNO4S+. The van der Waals surface area contributed by atoms with Crippen molar-refractivity contribution in [3.05, 3.63) is 58.3 Å². The van der Waals surface area contributed by atoms with E-state index in [1.165, 1.54) is 0 Å². The van der Waals surface area contributed by atoms with Crippen LogP contribution in [0.1, 0.15) is 28.6 Å². The van der Waals surface area contributed by atoms with E-state index in [1.807, 2.05) is 44.4 Å². The number of hydrogen-bond acceptors (Lipinski definition) is 5. The van der Waals surface area contributed by atoms with Crippen molar-refractivity contribution in [3.8, 4) is 5.75 Å². The fourth-order valence-corrected chi connectivity index (χ4v) is 4.16. The van der Waals surface area contributed by atoms with Crippen molar-refractivity contribution in [1.82, 2.24) is 0 Å². The number of ether oxygens (including phenoxy) is 1. The Morgan fingerprint density at radius 3 is 2.64 bits per heavy atom. The standard InChI is InChI=1S/C21H22ClNO4S/c1-4-26-21(25)18-16(12-28-14-8-6-5-7-9-14)27-15-10-13(11-23(2)3)20(24)19(22)17(15)18/h5-10,24H,4,11-12H2,1-3H3/p+1. The molecule has 0 aliphatic rings. The number of esters is 1. The van der Waals surface area contributed by atoms with E-state index < -0.39 is 5.97 Å². The second kappa shape index (κ2) is 8.90. The molecule has 3 rings (SSSR count). The summed E-state index contributed by atoms with van der Waals surface area (Å²) in [5, 5.41) is 11.1. The van der Waals surface area contributed by atoms with Crippen LogP contribution >= 0.6 is 23.4 Å². The van der Waals surface area contributed by atoms with Crippen LogP contribution < -0.4 is 4.90 Å². The third-order valence-corrected chi connectivity index (χ3v) is 5.56. The lowest BCUT2D eigenvalue weighted by Gasteiger charge is -2.10. The third kappa shape index (κ3) is 4.29. The summed E-state index contributed by atoms with van der Waals surface area (Å²) < 4.78 is 11.2. The normalized spacial score (nSPS) is 11.3. The van der Waals surface area contributed by atoms with Crippen molar-refractivity contribution < 1.29 is 24.0 Å². The molecule has 1 aromatic heterocycles. The summed E-state index contributed by atoms with van der Waals surface area (Å²) in [5.41, 5.74) is 1.43. The average Bonchev–Trinajstić information content (AvgIpc) is 3.03. The highest BCUT2D eigenvalue weighted by Crippen LogP contribution is 2.41. The highest BCUT2D eigenvalue weighted by Gasteiger charge is 2.27. The molecule has 1 heterocycles. The van der Waals surface area contributed by atoms with E-state index in [9.17, 15) is 9.90 Å². The van der Waals surface area contributed by atoms with Gasteiger partial charge in [-0.05, 0) is 25.1 Å². The van der Waals surface area contributed by atoms with Crippen molar-refractivity contribution in [2.75, 3.05) is 20.7 Å². The first-order valence-electron chi connectivity index (χ1n) is 9.02. The summed E-state index contributed by atoms with van der Waals surface area (Å²) in [6.07, 6.45) is 0. The maximum absolute atomic E-state index is 12.6. The van der Waals surface area contributed by atoms with Crippen LogP contribution in [0.2, 0.25) is 5.02 Å². The summed E-state index contributed by atoms with van der Waals surface area (Å²) in [4.78, 5) is 14.8. The molecule has 0 amide bonds. The van der Waals surface area contributed by atoms with Crippen molar-refractivity contribution in [3.63, 3.8) is 0 Å². The van der Waals surface area contributed by atoms with Gasteiger partial charge in [0.2, 0.25) is 0 Å². The number of carbonyl (C=O) groups excluding carboxylic acids is 1. The summed E-state index contributed by atoms with van der Waals surface area (Å²) in [6.45, 7) is 2.56. The van der Waals surface area contributed by atoms with Gasteiger partial charge in [0.05, 0.1) is 42.4 Å². The maximum Gasteiger partial charge on any atom is 0.342 e. The molecule has 2 N–H and O–H groups in total. The van der Waals surface area contributed by atoms with Crippen LogP contribution in [0.3, 0.4) is 0 Å². The number of hydrogen-bond donors (Lipinski definition) is 2. The summed E-state index contributed by atoms with van der Waals surface area (Å²) in [5.74, 6) is 0.400. The Bertz CT molecular complexity index is 985. The lowest BCUT2D eigenvalue weighted by molar-refractivity contribution is -0.872. The van der Waals surface area contributed by atoms with Gasteiger partial charge in [-0.3, -0.25) is 0 Å². The SMILES string of the molecule is CCOC(=O)c1c(CSc2ccccc2)oc2cc(C[NH+](C)C)c(O)c(Cl)c12. The predicted molar refractivity (Wildman–Crippen MR) is 111 cm³/mol. The van der Waals surface area contributed by atoms with Gasteiger partial charge in [-0.25, -0.2) is 4.79 Å². The molecule has 28 heavy (non-hydrogen) atoms. The average molecular weight is 421 g/mol. The number of furan rings is 1. The highest BCUT2D eigenvalue weighted by atomic mass is 35.5. The molecule has 0 unspecified atom stereocenters. The molecule has 0 aliphatic heterocycles. The van der Waals surface area contributed by atoms with Gasteiger partial charge in [0.1, 0.15) is 29.2 Å². The first-order valence-corrected chi connectivity index (χ1v) is 10.4. The molecule has 0 aliphatic carbocycles. The zero-order valence-electron chi connectivity index (χ0n) is 16.0. The van der Waals surface area contributed by atoms with Crippen molar-refractivity contribution in [2.45, 2.75) is 24.1 Å². The number of fused-ring (bicyclic) bond motifs is 1. The number of halogens is 1. The number of carbonyl (C=O) groups is 1. The Kier molecular flexibility index (Phi) is 6.54. The van der Waals surface area contributed by atoms with Crippen LogP contribution in [0.5, 0.6) is 5.75 Å². The molecule has 0 saturated carbocycles. The number of thioether (sulfide) groups is 1. The number of aromatic hydroxyl groups is 1. The first-order chi connectivity index (χ1) is 13.4. The van der Waals surface area contributed by atoms with Gasteiger partial charge in [-0.1, -0.05) is 29.8 Å². The van der Waals surface area contributed by atoms with Gasteiger partial charge in [0.15, 0.2) is 0 Å². The van der Waals surface area contributed by atoms with Crippen molar-refractivity contribution in [1.29, 1.82) is 0 Å².